The monoisotopic (exact) mass is 632 g/mol. The average molecular weight is 632 g/mol. The van der Waals surface area contributed by atoms with E-state index in [4.69, 9.17) is 5.73 Å². The van der Waals surface area contributed by atoms with Crippen LogP contribution in [-0.2, 0) is 11.0 Å². The first-order valence-corrected chi connectivity index (χ1v) is 12.1. The quantitative estimate of drug-likeness (QED) is 0.392. The Labute approximate surface area is 233 Å². The van der Waals surface area contributed by atoms with Crippen LogP contribution in [0.25, 0.3) is 16.8 Å². The van der Waals surface area contributed by atoms with Crippen LogP contribution in [0.15, 0.2) is 24.5 Å². The number of likely N-dealkylation sites (tertiary alicyclic amines) is 1. The van der Waals surface area contributed by atoms with Gasteiger partial charge in [-0.1, -0.05) is 0 Å². The van der Waals surface area contributed by atoms with Crippen LogP contribution in [0.5, 0.6) is 0 Å². The Balaban J connectivity index is 1.60. The average Bonchev–Trinajstić information content (AvgIpc) is 3.44. The van der Waals surface area contributed by atoms with E-state index in [2.05, 4.69) is 15.4 Å². The lowest BCUT2D eigenvalue weighted by atomic mass is 10.0. The van der Waals surface area contributed by atoms with Gasteiger partial charge in [0.1, 0.15) is 23.8 Å². The molecule has 0 bridgehead atoms. The number of nitrogens with zero attached hydrogens (tertiary/aromatic N) is 4. The highest BCUT2D eigenvalue weighted by Crippen LogP contribution is 2.42. The number of halogens is 11. The minimum atomic E-state index is -5.80. The summed E-state index contributed by atoms with van der Waals surface area (Å²) in [7, 11) is 0. The Bertz CT molecular complexity index is 1550. The zero-order valence-electron chi connectivity index (χ0n) is 21.5. The fourth-order valence-corrected chi connectivity index (χ4v) is 4.62. The van der Waals surface area contributed by atoms with Crippen molar-refractivity contribution in [3.05, 3.63) is 47.0 Å². The van der Waals surface area contributed by atoms with Gasteiger partial charge in [0.25, 0.3) is 5.91 Å². The van der Waals surface area contributed by atoms with Crippen molar-refractivity contribution >= 4 is 23.1 Å². The van der Waals surface area contributed by atoms with E-state index in [1.165, 1.54) is 0 Å². The molecule has 2 amide bonds. The summed E-state index contributed by atoms with van der Waals surface area (Å²) in [6, 6.07) is 0.754. The number of nitrogens with one attached hydrogen (secondary N) is 1. The van der Waals surface area contributed by atoms with Gasteiger partial charge in [-0.05, 0) is 30.7 Å². The second-order valence-electron chi connectivity index (χ2n) is 9.71. The number of aromatic nitrogens is 3. The molecular formula is C24H19F11N6O2. The van der Waals surface area contributed by atoms with Gasteiger partial charge in [-0.25, -0.2) is 18.3 Å². The first-order chi connectivity index (χ1) is 19.7. The summed E-state index contributed by atoms with van der Waals surface area (Å²) in [6.45, 7) is -0.613. The highest BCUT2D eigenvalue weighted by atomic mass is 19.4. The molecule has 43 heavy (non-hydrogen) atoms. The van der Waals surface area contributed by atoms with Gasteiger partial charge < -0.3 is 16.0 Å². The van der Waals surface area contributed by atoms with E-state index in [9.17, 15) is 57.9 Å². The van der Waals surface area contributed by atoms with Crippen molar-refractivity contribution in [2.75, 3.05) is 18.8 Å². The Morgan fingerprint density at radius 2 is 1.67 bits per heavy atom. The molecular weight excluding hydrogens is 613 g/mol. The van der Waals surface area contributed by atoms with Gasteiger partial charge in [0.15, 0.2) is 11.7 Å². The first kappa shape index (κ1) is 31.7. The number of nitrogens with two attached hydrogens (primary N) is 1. The van der Waals surface area contributed by atoms with Crippen LogP contribution in [0, 0.1) is 18.7 Å². The number of amides is 2. The molecule has 1 aliphatic heterocycles. The number of hydrogen-bond acceptors (Lipinski definition) is 5. The van der Waals surface area contributed by atoms with Gasteiger partial charge >= 0.3 is 18.5 Å². The fourth-order valence-electron chi connectivity index (χ4n) is 4.62. The number of rotatable bonds is 5. The number of benzene rings is 1. The maximum Gasteiger partial charge on any atom is 0.418 e. The summed E-state index contributed by atoms with van der Waals surface area (Å²) < 4.78 is 148. The Morgan fingerprint density at radius 1 is 1.05 bits per heavy atom. The van der Waals surface area contributed by atoms with Crippen molar-refractivity contribution in [3.63, 3.8) is 0 Å². The normalized spacial score (nSPS) is 18.1. The molecule has 4 rings (SSSR count). The molecule has 0 radical (unpaired) electrons. The lowest BCUT2D eigenvalue weighted by molar-refractivity contribution is -0.284. The fraction of sp³-hybridized carbons (Fsp3) is 0.417. The Morgan fingerprint density at radius 3 is 2.26 bits per heavy atom. The van der Waals surface area contributed by atoms with E-state index in [0.29, 0.717) is 11.0 Å². The zero-order chi connectivity index (χ0) is 32.2. The summed E-state index contributed by atoms with van der Waals surface area (Å²) in [4.78, 5) is 29.1. The number of alkyl halides is 10. The molecule has 3 N–H and O–H groups in total. The largest absolute Gasteiger partial charge is 0.418 e. The summed E-state index contributed by atoms with van der Waals surface area (Å²) in [5.74, 6) is -8.46. The van der Waals surface area contributed by atoms with Crippen LogP contribution in [0.4, 0.5) is 54.1 Å². The predicted molar refractivity (Wildman–Crippen MR) is 125 cm³/mol. The highest BCUT2D eigenvalue weighted by molar-refractivity contribution is 5.97. The molecule has 3 aromatic rings. The lowest BCUT2D eigenvalue weighted by Crippen LogP contribution is -2.43. The van der Waals surface area contributed by atoms with Crippen molar-refractivity contribution in [1.82, 2.24) is 24.8 Å². The van der Waals surface area contributed by atoms with Gasteiger partial charge in [-0.3, -0.25) is 9.59 Å². The molecule has 3 heterocycles. The van der Waals surface area contributed by atoms with Crippen LogP contribution >= 0.6 is 0 Å². The SMILES string of the molecule is Cc1c(F)cc(-c2cc(C(F)(F)F)c3c(N)ncnn23)cc1C(=O)N[C@@H]1CN(C(=O)CC(C(F)(F)F)C(F)(F)F)C[C@@H]1F. The van der Waals surface area contributed by atoms with Crippen LogP contribution in [-0.4, -0.2) is 69.0 Å². The topological polar surface area (TPSA) is 106 Å². The molecule has 2 atom stereocenters. The number of fused-ring (bicyclic) bond motifs is 1. The number of hydrogen-bond donors (Lipinski definition) is 2. The Hall–Kier alpha value is -4.19. The zero-order valence-corrected chi connectivity index (χ0v) is 21.5. The van der Waals surface area contributed by atoms with Crippen molar-refractivity contribution in [3.8, 4) is 11.3 Å². The molecule has 0 saturated carbocycles. The van der Waals surface area contributed by atoms with Crippen LogP contribution in [0.3, 0.4) is 0 Å². The maximum atomic E-state index is 14.9. The van der Waals surface area contributed by atoms with Gasteiger partial charge in [0, 0.05) is 24.1 Å². The third-order valence-corrected chi connectivity index (χ3v) is 6.86. The summed E-state index contributed by atoms with van der Waals surface area (Å²) in [6.07, 6.45) is -19.9. The molecule has 1 saturated heterocycles. The number of nitrogen functional groups attached to an aromatic ring is 1. The molecule has 19 heteroatoms. The Kier molecular flexibility index (Phi) is 7.99. The molecule has 0 aliphatic carbocycles. The van der Waals surface area contributed by atoms with E-state index in [-0.39, 0.29) is 16.8 Å². The second kappa shape index (κ2) is 10.8. The molecule has 8 nitrogen and oxygen atoms in total. The highest BCUT2D eigenvalue weighted by Gasteiger charge is 2.57. The standard InChI is InChI=1S/C24H19F11N6O2/c1-9-11(2-10(3-13(9)25)16-4-12(22(27,28)29)19-20(36)37-8-38-41(16)19)21(43)39-15-7-40(6-14(15)26)18(42)5-17(23(30,31)32)24(33,34)35/h2-4,8,14-15,17H,5-7H2,1H3,(H,39,43)(H2,36,37,38)/t14-,15+/m0/s1. The third kappa shape index (κ3) is 6.29. The van der Waals surface area contributed by atoms with E-state index in [1.54, 1.807) is 0 Å². The molecule has 1 fully saturated rings. The van der Waals surface area contributed by atoms with E-state index in [0.717, 1.165) is 29.9 Å². The number of carbonyl (C=O) groups is 2. The van der Waals surface area contributed by atoms with Gasteiger partial charge in [0.2, 0.25) is 5.91 Å². The predicted octanol–water partition coefficient (Wildman–Crippen LogP) is 4.85. The lowest BCUT2D eigenvalue weighted by Gasteiger charge is -2.25. The summed E-state index contributed by atoms with van der Waals surface area (Å²) in [5, 5.41) is 5.84. The molecule has 1 aromatic carbocycles. The molecule has 0 unspecified atom stereocenters. The summed E-state index contributed by atoms with van der Waals surface area (Å²) >= 11 is 0. The van der Waals surface area contributed by atoms with E-state index < -0.39 is 96.3 Å². The first-order valence-electron chi connectivity index (χ1n) is 12.1. The van der Waals surface area contributed by atoms with Gasteiger partial charge in [-0.2, -0.15) is 44.6 Å². The van der Waals surface area contributed by atoms with Crippen LogP contribution < -0.4 is 11.1 Å². The van der Waals surface area contributed by atoms with Gasteiger partial charge in [-0.15, -0.1) is 0 Å². The van der Waals surface area contributed by atoms with Crippen molar-refractivity contribution in [2.45, 2.75) is 44.1 Å². The van der Waals surface area contributed by atoms with Gasteiger partial charge in [0.05, 0.1) is 23.8 Å². The smallest absolute Gasteiger partial charge is 0.382 e. The number of anilines is 1. The van der Waals surface area contributed by atoms with Crippen molar-refractivity contribution < 1.29 is 57.9 Å². The molecule has 0 spiro atoms. The van der Waals surface area contributed by atoms with Crippen LogP contribution in [0.1, 0.15) is 27.9 Å². The molecule has 1 aliphatic rings. The van der Waals surface area contributed by atoms with E-state index >= 15 is 0 Å². The van der Waals surface area contributed by atoms with E-state index in [1.807, 2.05) is 0 Å². The summed E-state index contributed by atoms with van der Waals surface area (Å²) in [5.41, 5.74) is 2.23. The van der Waals surface area contributed by atoms with Crippen LogP contribution in [0.2, 0.25) is 0 Å². The second-order valence-corrected chi connectivity index (χ2v) is 9.71. The minimum Gasteiger partial charge on any atom is -0.382 e. The minimum absolute atomic E-state index is 0.290. The van der Waals surface area contributed by atoms with Crippen molar-refractivity contribution in [1.29, 1.82) is 0 Å². The molecule has 234 valence electrons. The van der Waals surface area contributed by atoms with Crippen molar-refractivity contribution in [2.24, 2.45) is 5.92 Å². The molecule has 2 aromatic heterocycles. The third-order valence-electron chi connectivity index (χ3n) is 6.86. The maximum absolute atomic E-state index is 14.9. The number of carbonyl (C=O) groups excluding carboxylic acids is 2.